The third-order valence-corrected chi connectivity index (χ3v) is 4.56. The van der Waals surface area contributed by atoms with E-state index in [1.807, 2.05) is 25.1 Å². The second-order valence-corrected chi connectivity index (χ2v) is 6.91. The normalized spacial score (nSPS) is 10.6. The summed E-state index contributed by atoms with van der Waals surface area (Å²) >= 11 is 5.23. The van der Waals surface area contributed by atoms with E-state index in [2.05, 4.69) is 40.1 Å². The smallest absolute Gasteiger partial charge is 0.335 e. The van der Waals surface area contributed by atoms with E-state index in [1.54, 1.807) is 25.5 Å². The van der Waals surface area contributed by atoms with Crippen LogP contribution in [0.5, 0.6) is 5.75 Å². The molecule has 3 aromatic rings. The molecular formula is C23H21N3O3S. The van der Waals surface area contributed by atoms with Gasteiger partial charge in [-0.3, -0.25) is 5.43 Å². The largest absolute Gasteiger partial charge is 0.495 e. The van der Waals surface area contributed by atoms with Gasteiger partial charge in [0, 0.05) is 16.8 Å². The van der Waals surface area contributed by atoms with Gasteiger partial charge in [-0.15, -0.1) is 0 Å². The van der Waals surface area contributed by atoms with Gasteiger partial charge in [-0.25, -0.2) is 4.79 Å². The Morgan fingerprint density at radius 1 is 1.07 bits per heavy atom. The first-order valence-electron chi connectivity index (χ1n) is 9.15. The molecule has 7 heteroatoms. The average Bonchev–Trinajstić information content (AvgIpc) is 2.74. The summed E-state index contributed by atoms with van der Waals surface area (Å²) in [5.41, 5.74) is 7.64. The molecule has 0 bridgehead atoms. The van der Waals surface area contributed by atoms with Crippen molar-refractivity contribution in [3.8, 4) is 16.9 Å². The third-order valence-electron chi connectivity index (χ3n) is 4.37. The first-order chi connectivity index (χ1) is 14.5. The molecule has 0 spiro atoms. The van der Waals surface area contributed by atoms with Crippen molar-refractivity contribution in [2.75, 3.05) is 12.4 Å². The van der Waals surface area contributed by atoms with Crippen LogP contribution in [0.3, 0.4) is 0 Å². The maximum Gasteiger partial charge on any atom is 0.335 e. The number of anilines is 1. The minimum atomic E-state index is -0.978. The number of methoxy groups -OCH3 is 1. The number of carboxylic acids is 1. The summed E-state index contributed by atoms with van der Waals surface area (Å²) in [4.78, 5) is 10.9. The van der Waals surface area contributed by atoms with E-state index in [4.69, 9.17) is 22.1 Å². The van der Waals surface area contributed by atoms with Crippen molar-refractivity contribution in [1.29, 1.82) is 0 Å². The van der Waals surface area contributed by atoms with Crippen LogP contribution in [0, 0.1) is 6.92 Å². The number of rotatable bonds is 6. The first-order valence-corrected chi connectivity index (χ1v) is 9.56. The van der Waals surface area contributed by atoms with E-state index in [-0.39, 0.29) is 10.7 Å². The molecule has 3 rings (SSSR count). The van der Waals surface area contributed by atoms with Gasteiger partial charge in [0.1, 0.15) is 5.75 Å². The number of carboxylic acid groups (broad SMARTS) is 1. The number of carbonyl (C=O) groups is 1. The van der Waals surface area contributed by atoms with Gasteiger partial charge in [-0.2, -0.15) is 5.10 Å². The topological polar surface area (TPSA) is 83.0 Å². The predicted octanol–water partition coefficient (Wildman–Crippen LogP) is 4.69. The lowest BCUT2D eigenvalue weighted by atomic mass is 10.0. The second-order valence-electron chi connectivity index (χ2n) is 6.50. The highest BCUT2D eigenvalue weighted by Gasteiger charge is 2.09. The van der Waals surface area contributed by atoms with Crippen molar-refractivity contribution in [2.45, 2.75) is 6.92 Å². The van der Waals surface area contributed by atoms with Crippen LogP contribution in [0.2, 0.25) is 0 Å². The molecule has 0 aliphatic heterocycles. The molecule has 0 unspecified atom stereocenters. The summed E-state index contributed by atoms with van der Waals surface area (Å²) < 4.78 is 5.63. The summed E-state index contributed by atoms with van der Waals surface area (Å²) in [6, 6.07) is 20.3. The molecule has 152 valence electrons. The molecule has 0 saturated carbocycles. The van der Waals surface area contributed by atoms with Crippen molar-refractivity contribution in [3.63, 3.8) is 0 Å². The van der Waals surface area contributed by atoms with Crippen LogP contribution in [0.1, 0.15) is 21.5 Å². The number of nitrogens with zero attached hydrogens (tertiary/aromatic N) is 1. The van der Waals surface area contributed by atoms with E-state index in [9.17, 15) is 4.79 Å². The number of aryl methyl sites for hydroxylation is 1. The summed E-state index contributed by atoms with van der Waals surface area (Å²) in [5, 5.41) is 16.4. The van der Waals surface area contributed by atoms with Gasteiger partial charge in [0.05, 0.1) is 18.9 Å². The number of hydrazone groups is 1. The highest BCUT2D eigenvalue weighted by molar-refractivity contribution is 7.80. The number of benzene rings is 3. The number of para-hydroxylation sites is 1. The molecule has 6 nitrogen and oxygen atoms in total. The summed E-state index contributed by atoms with van der Waals surface area (Å²) in [6.45, 7) is 2.05. The van der Waals surface area contributed by atoms with Crippen molar-refractivity contribution < 1.29 is 14.6 Å². The first kappa shape index (κ1) is 21.0. The van der Waals surface area contributed by atoms with Crippen molar-refractivity contribution in [3.05, 3.63) is 83.4 Å². The van der Waals surface area contributed by atoms with Crippen LogP contribution in [0.15, 0.2) is 71.8 Å². The molecule has 0 atom stereocenters. The molecule has 0 aliphatic rings. The average molecular weight is 420 g/mol. The van der Waals surface area contributed by atoms with Crippen LogP contribution in [-0.2, 0) is 0 Å². The lowest BCUT2D eigenvalue weighted by molar-refractivity contribution is 0.0697. The molecule has 0 heterocycles. The lowest BCUT2D eigenvalue weighted by Gasteiger charge is -2.12. The molecule has 0 amide bonds. The summed E-state index contributed by atoms with van der Waals surface area (Å²) in [5.74, 6) is -0.260. The number of thiocarbonyl (C=S) groups is 1. The zero-order valence-electron chi connectivity index (χ0n) is 16.5. The van der Waals surface area contributed by atoms with E-state index >= 15 is 0 Å². The number of hydrogen-bond donors (Lipinski definition) is 3. The molecule has 3 N–H and O–H groups in total. The quantitative estimate of drug-likeness (QED) is 0.305. The summed E-state index contributed by atoms with van der Waals surface area (Å²) in [7, 11) is 1.63. The Bertz CT molecular complexity index is 1080. The molecule has 0 aliphatic carbocycles. The van der Waals surface area contributed by atoms with Gasteiger partial charge in [-0.1, -0.05) is 42.0 Å². The Morgan fingerprint density at radius 2 is 1.77 bits per heavy atom. The van der Waals surface area contributed by atoms with E-state index in [0.29, 0.717) is 5.69 Å². The highest BCUT2D eigenvalue weighted by atomic mass is 32.1. The number of hydrogen-bond acceptors (Lipinski definition) is 4. The maximum absolute atomic E-state index is 10.9. The minimum Gasteiger partial charge on any atom is -0.495 e. The molecule has 0 radical (unpaired) electrons. The van der Waals surface area contributed by atoms with Crippen LogP contribution in [-0.4, -0.2) is 29.5 Å². The minimum absolute atomic E-state index is 0.206. The number of aromatic carboxylic acids is 1. The van der Waals surface area contributed by atoms with Gasteiger partial charge < -0.3 is 15.2 Å². The van der Waals surface area contributed by atoms with Crippen LogP contribution >= 0.6 is 12.2 Å². The molecule has 0 aromatic heterocycles. The second kappa shape index (κ2) is 9.67. The lowest BCUT2D eigenvalue weighted by Crippen LogP contribution is -2.23. The Balaban J connectivity index is 1.69. The molecule has 3 aromatic carbocycles. The molecule has 30 heavy (non-hydrogen) atoms. The van der Waals surface area contributed by atoms with Gasteiger partial charge in [0.2, 0.25) is 0 Å². The number of nitrogens with one attached hydrogen (secondary N) is 2. The van der Waals surface area contributed by atoms with Crippen LogP contribution in [0.25, 0.3) is 11.1 Å². The third kappa shape index (κ3) is 5.21. The van der Waals surface area contributed by atoms with Crippen LogP contribution < -0.4 is 15.5 Å². The number of ether oxygens (including phenoxy) is 1. The van der Waals surface area contributed by atoms with Gasteiger partial charge in [0.25, 0.3) is 0 Å². The van der Waals surface area contributed by atoms with E-state index < -0.39 is 5.97 Å². The van der Waals surface area contributed by atoms with Gasteiger partial charge in [0.15, 0.2) is 5.11 Å². The van der Waals surface area contributed by atoms with Gasteiger partial charge >= 0.3 is 5.97 Å². The van der Waals surface area contributed by atoms with E-state index in [1.165, 1.54) is 17.7 Å². The van der Waals surface area contributed by atoms with Crippen molar-refractivity contribution in [1.82, 2.24) is 5.43 Å². The fourth-order valence-electron chi connectivity index (χ4n) is 2.86. The summed E-state index contributed by atoms with van der Waals surface area (Å²) in [6.07, 6.45) is 1.64. The molecule has 0 saturated heterocycles. The Morgan fingerprint density at radius 3 is 2.40 bits per heavy atom. The zero-order valence-corrected chi connectivity index (χ0v) is 17.4. The van der Waals surface area contributed by atoms with Crippen LogP contribution in [0.4, 0.5) is 5.69 Å². The van der Waals surface area contributed by atoms with Gasteiger partial charge in [-0.05, 0) is 55.0 Å². The zero-order chi connectivity index (χ0) is 21.5. The fourth-order valence-corrected chi connectivity index (χ4v) is 3.03. The maximum atomic E-state index is 10.9. The Hall–Kier alpha value is -3.71. The van der Waals surface area contributed by atoms with Crippen molar-refractivity contribution in [2.24, 2.45) is 5.10 Å². The SMILES string of the molecule is COc1c(/C=N\NC(=S)Nc2ccc(C(=O)O)cc2)cccc1-c1ccc(C)cc1. The molecular weight excluding hydrogens is 398 g/mol. The Labute approximate surface area is 180 Å². The standard InChI is InChI=1S/C23H21N3O3S/c1-15-6-8-16(9-7-15)20-5-3-4-18(21(20)29-2)14-24-26-23(30)25-19-12-10-17(11-13-19)22(27)28/h3-14H,1-2H3,(H,27,28)(H2,25,26,30)/b24-14-. The Kier molecular flexibility index (Phi) is 6.77. The fraction of sp³-hybridized carbons (Fsp3) is 0.0870. The molecule has 0 fully saturated rings. The monoisotopic (exact) mass is 419 g/mol. The van der Waals surface area contributed by atoms with E-state index in [0.717, 1.165) is 22.4 Å². The highest BCUT2D eigenvalue weighted by Crippen LogP contribution is 2.32. The predicted molar refractivity (Wildman–Crippen MR) is 124 cm³/mol. The van der Waals surface area contributed by atoms with Crippen molar-refractivity contribution >= 4 is 35.2 Å².